The fourth-order valence-electron chi connectivity index (χ4n) is 6.76. The summed E-state index contributed by atoms with van der Waals surface area (Å²) in [5.74, 6) is -0.126. The number of aldehydes is 1. The summed E-state index contributed by atoms with van der Waals surface area (Å²) in [5.41, 5.74) is 0. The van der Waals surface area contributed by atoms with E-state index in [1.807, 2.05) is 0 Å². The molecule has 0 aliphatic carbocycles. The maximum atomic E-state index is 12.8. The molecule has 0 amide bonds. The van der Waals surface area contributed by atoms with Crippen molar-refractivity contribution in [2.45, 2.75) is 251 Å². The first-order chi connectivity index (χ1) is 23.1. The number of hydrogen-bond donors (Lipinski definition) is 0. The molecular weight excluding hydrogens is 609 g/mol. The van der Waals surface area contributed by atoms with Gasteiger partial charge in [0.15, 0.2) is 8.32 Å². The Labute approximate surface area is 302 Å². The minimum absolute atomic E-state index is 0.0591. The van der Waals surface area contributed by atoms with E-state index in [0.717, 1.165) is 51.2 Å². The molecule has 2 atom stereocenters. The number of hydrogen-bond acceptors (Lipinski definition) is 4. The van der Waals surface area contributed by atoms with Gasteiger partial charge in [-0.25, -0.2) is 0 Å². The van der Waals surface area contributed by atoms with Gasteiger partial charge in [0.1, 0.15) is 6.29 Å². The molecule has 0 aromatic carbocycles. The van der Waals surface area contributed by atoms with Crippen LogP contribution in [-0.4, -0.2) is 33.8 Å². The van der Waals surface area contributed by atoms with Gasteiger partial charge in [-0.05, 0) is 43.8 Å². The van der Waals surface area contributed by atoms with E-state index in [4.69, 9.17) is 9.16 Å². The van der Waals surface area contributed by atoms with Crippen LogP contribution in [0.3, 0.4) is 0 Å². The molecule has 0 bridgehead atoms. The minimum atomic E-state index is -1.94. The van der Waals surface area contributed by atoms with Crippen LogP contribution in [0, 0.1) is 5.92 Å². The van der Waals surface area contributed by atoms with Gasteiger partial charge in [-0.3, -0.25) is 4.79 Å². The summed E-state index contributed by atoms with van der Waals surface area (Å²) in [4.78, 5) is 23.4. The summed E-state index contributed by atoms with van der Waals surface area (Å²) < 4.78 is 12.2. The number of unbranched alkanes of at least 4 members (excludes halogenated alkanes) is 26. The zero-order valence-electron chi connectivity index (χ0n) is 33.8. The second-order valence-corrected chi connectivity index (χ2v) is 21.4. The molecule has 0 rings (SSSR count). The molecule has 0 aromatic heterocycles. The van der Waals surface area contributed by atoms with Crippen molar-refractivity contribution in [3.63, 3.8) is 0 Å². The highest BCUT2D eigenvalue weighted by Crippen LogP contribution is 2.39. The molecule has 5 heteroatoms. The molecule has 0 radical (unpaired) electrons. The molecule has 0 saturated carbocycles. The van der Waals surface area contributed by atoms with Gasteiger partial charge < -0.3 is 14.0 Å². The summed E-state index contributed by atoms with van der Waals surface area (Å²) in [6.07, 6.45) is 40.7. The van der Waals surface area contributed by atoms with Gasteiger partial charge in [0.25, 0.3) is 0 Å². The van der Waals surface area contributed by atoms with Crippen LogP contribution >= 0.6 is 0 Å². The van der Waals surface area contributed by atoms with Crippen molar-refractivity contribution in [1.82, 2.24) is 0 Å². The van der Waals surface area contributed by atoms with Crippen molar-refractivity contribution < 1.29 is 18.8 Å². The van der Waals surface area contributed by atoms with Crippen LogP contribution in [0.2, 0.25) is 18.1 Å². The predicted octanol–water partition coefficient (Wildman–Crippen LogP) is 14.5. The third kappa shape index (κ3) is 28.1. The molecule has 0 unspecified atom stereocenters. The first kappa shape index (κ1) is 47.3. The van der Waals surface area contributed by atoms with Crippen LogP contribution in [0.4, 0.5) is 0 Å². The number of ether oxygens (including phenoxy) is 1. The third-order valence-corrected chi connectivity index (χ3v) is 15.6. The van der Waals surface area contributed by atoms with E-state index >= 15 is 0 Å². The quantitative estimate of drug-likeness (QED) is 0.0283. The highest BCUT2D eigenvalue weighted by atomic mass is 28.4. The van der Waals surface area contributed by atoms with Gasteiger partial charge in [0.05, 0.1) is 13.0 Å². The summed E-state index contributed by atoms with van der Waals surface area (Å²) >= 11 is 0. The summed E-state index contributed by atoms with van der Waals surface area (Å²) in [5, 5.41) is 0.146. The molecule has 0 N–H and O–H groups in total. The Morgan fingerprint density at radius 2 is 0.938 bits per heavy atom. The highest BCUT2D eigenvalue weighted by molar-refractivity contribution is 6.74. The van der Waals surface area contributed by atoms with E-state index in [0.29, 0.717) is 6.42 Å². The second kappa shape index (κ2) is 32.2. The number of carbonyl (C=O) groups is 2. The number of rotatable bonds is 36. The van der Waals surface area contributed by atoms with E-state index in [1.165, 1.54) is 155 Å². The predicted molar refractivity (Wildman–Crippen MR) is 212 cm³/mol. The topological polar surface area (TPSA) is 52.6 Å². The van der Waals surface area contributed by atoms with Crippen molar-refractivity contribution in [3.8, 4) is 0 Å². The largest absolute Gasteiger partial charge is 0.469 e. The van der Waals surface area contributed by atoms with Crippen molar-refractivity contribution in [1.29, 1.82) is 0 Å². The SMILES string of the molecule is CCCCCCCCCCCCCCCCCCCCCCCC[C@H](C[C@@H](CCCCCCCC=O)O[Si](C)(C)C(C)(C)C)C(=O)OC. The fraction of sp³-hybridized carbons (Fsp3) is 0.953. The lowest BCUT2D eigenvalue weighted by molar-refractivity contribution is -0.146. The maximum Gasteiger partial charge on any atom is 0.308 e. The maximum absolute atomic E-state index is 12.8. The van der Waals surface area contributed by atoms with Crippen LogP contribution in [0.5, 0.6) is 0 Å². The van der Waals surface area contributed by atoms with Gasteiger partial charge in [0, 0.05) is 12.5 Å². The first-order valence-electron chi connectivity index (χ1n) is 21.3. The second-order valence-electron chi connectivity index (χ2n) is 16.7. The molecule has 0 fully saturated rings. The third-order valence-electron chi connectivity index (χ3n) is 11.1. The molecule has 0 aliphatic heterocycles. The molecule has 48 heavy (non-hydrogen) atoms. The summed E-state index contributed by atoms with van der Waals surface area (Å²) in [6, 6.07) is 0. The molecule has 0 aromatic rings. The highest BCUT2D eigenvalue weighted by Gasteiger charge is 2.39. The van der Waals surface area contributed by atoms with E-state index < -0.39 is 8.32 Å². The first-order valence-corrected chi connectivity index (χ1v) is 24.2. The van der Waals surface area contributed by atoms with Crippen molar-refractivity contribution in [2.24, 2.45) is 5.92 Å². The fourth-order valence-corrected chi connectivity index (χ4v) is 8.16. The molecular formula is C43H86O4Si. The van der Waals surface area contributed by atoms with Gasteiger partial charge in [-0.15, -0.1) is 0 Å². The summed E-state index contributed by atoms with van der Waals surface area (Å²) in [6.45, 7) is 13.8. The normalized spacial score (nSPS) is 13.5. The number of carbonyl (C=O) groups excluding carboxylic acids is 2. The molecule has 0 spiro atoms. The van der Waals surface area contributed by atoms with Crippen LogP contribution in [-0.2, 0) is 18.8 Å². The van der Waals surface area contributed by atoms with E-state index in [9.17, 15) is 9.59 Å². The molecule has 0 saturated heterocycles. The van der Waals surface area contributed by atoms with Crippen molar-refractivity contribution >= 4 is 20.6 Å². The Morgan fingerprint density at radius 1 is 0.583 bits per heavy atom. The average molecular weight is 695 g/mol. The smallest absolute Gasteiger partial charge is 0.308 e. The van der Waals surface area contributed by atoms with Gasteiger partial charge in [0.2, 0.25) is 0 Å². The van der Waals surface area contributed by atoms with Crippen LogP contribution in [0.25, 0.3) is 0 Å². The van der Waals surface area contributed by atoms with Crippen LogP contribution < -0.4 is 0 Å². The van der Waals surface area contributed by atoms with E-state index in [-0.39, 0.29) is 23.0 Å². The molecule has 0 aliphatic rings. The Hall–Kier alpha value is -0.683. The molecule has 0 heterocycles. The van der Waals surface area contributed by atoms with Crippen molar-refractivity contribution in [2.75, 3.05) is 7.11 Å². The Kier molecular flexibility index (Phi) is 31.8. The Morgan fingerprint density at radius 3 is 1.29 bits per heavy atom. The zero-order valence-corrected chi connectivity index (χ0v) is 34.8. The van der Waals surface area contributed by atoms with Gasteiger partial charge in [-0.1, -0.05) is 195 Å². The van der Waals surface area contributed by atoms with Gasteiger partial charge >= 0.3 is 5.97 Å². The molecule has 286 valence electrons. The Bertz CT molecular complexity index is 716. The van der Waals surface area contributed by atoms with E-state index in [2.05, 4.69) is 40.8 Å². The summed E-state index contributed by atoms with van der Waals surface area (Å²) in [7, 11) is -0.401. The van der Waals surface area contributed by atoms with Gasteiger partial charge in [-0.2, -0.15) is 0 Å². The zero-order chi connectivity index (χ0) is 35.8. The standard InChI is InChI=1S/C43H86O4Si/c1-8-9-10-11-12-13-14-15-16-17-18-19-20-21-22-23-24-25-26-27-30-33-36-40(42(45)46-5)39-41(47-48(6,7)43(2,3)4)37-34-31-28-29-32-35-38-44/h38,40-41H,8-37,39H2,1-7H3/t40-,41-/m1/s1. The lowest BCUT2D eigenvalue weighted by Gasteiger charge is -2.40. The van der Waals surface area contributed by atoms with E-state index in [1.54, 1.807) is 0 Å². The van der Waals surface area contributed by atoms with Crippen LogP contribution in [0.1, 0.15) is 227 Å². The lowest BCUT2D eigenvalue weighted by Crippen LogP contribution is -2.44. The molecule has 4 nitrogen and oxygen atoms in total. The van der Waals surface area contributed by atoms with Crippen LogP contribution in [0.15, 0.2) is 0 Å². The number of methoxy groups -OCH3 is 1. The lowest BCUT2D eigenvalue weighted by atomic mass is 9.92. The average Bonchev–Trinajstić information content (AvgIpc) is 3.04. The Balaban J connectivity index is 4.12. The monoisotopic (exact) mass is 695 g/mol. The minimum Gasteiger partial charge on any atom is -0.469 e. The number of esters is 1. The van der Waals surface area contributed by atoms with Crippen molar-refractivity contribution in [3.05, 3.63) is 0 Å².